The van der Waals surface area contributed by atoms with Gasteiger partial charge in [0.25, 0.3) is 5.56 Å². The van der Waals surface area contributed by atoms with Crippen LogP contribution in [-0.2, 0) is 13.6 Å². The van der Waals surface area contributed by atoms with Gasteiger partial charge in [0.05, 0.1) is 6.61 Å². The summed E-state index contributed by atoms with van der Waals surface area (Å²) in [6.45, 7) is 12.9. The van der Waals surface area contributed by atoms with Gasteiger partial charge in [-0.2, -0.15) is 0 Å². The number of ether oxygens (including phenoxy) is 1. The van der Waals surface area contributed by atoms with Crippen LogP contribution < -0.4 is 11.2 Å². The molecule has 26 heavy (non-hydrogen) atoms. The molecule has 0 amide bonds. The molecule has 1 aromatic rings. The van der Waals surface area contributed by atoms with Gasteiger partial charge in [0.1, 0.15) is 18.3 Å². The van der Waals surface area contributed by atoms with Gasteiger partial charge in [-0.3, -0.25) is 14.3 Å². The number of aliphatic hydroxyl groups is 1. The van der Waals surface area contributed by atoms with Crippen LogP contribution in [0, 0.1) is 0 Å². The lowest BCUT2D eigenvalue weighted by molar-refractivity contribution is -0.0809. The molecule has 2 aliphatic rings. The van der Waals surface area contributed by atoms with Gasteiger partial charge in [0.15, 0.2) is 6.23 Å². The second kappa shape index (κ2) is 6.13. The quantitative estimate of drug-likeness (QED) is 0.707. The van der Waals surface area contributed by atoms with Crippen molar-refractivity contribution in [2.75, 3.05) is 6.61 Å². The van der Waals surface area contributed by atoms with E-state index in [0.29, 0.717) is 6.61 Å². The van der Waals surface area contributed by atoms with Crippen molar-refractivity contribution in [1.82, 2.24) is 9.55 Å². The summed E-state index contributed by atoms with van der Waals surface area (Å²) in [5.74, 6) is 0. The molecule has 0 spiro atoms. The van der Waals surface area contributed by atoms with Crippen molar-refractivity contribution in [3.63, 3.8) is 0 Å². The molecule has 3 heterocycles. The maximum absolute atomic E-state index is 12.1. The molecule has 3 rings (SSSR count). The van der Waals surface area contributed by atoms with E-state index >= 15 is 0 Å². The van der Waals surface area contributed by atoms with Crippen LogP contribution in [0.4, 0.5) is 0 Å². The Morgan fingerprint density at radius 1 is 1.19 bits per heavy atom. The first kappa shape index (κ1) is 19.5. The van der Waals surface area contributed by atoms with Crippen molar-refractivity contribution >= 4 is 8.56 Å². The maximum Gasteiger partial charge on any atom is 0.349 e. The molecular formula is C17H28N2O6Si. The highest BCUT2D eigenvalue weighted by Gasteiger charge is 2.64. The summed E-state index contributed by atoms with van der Waals surface area (Å²) >= 11 is 0. The number of nitrogens with one attached hydrogen (secondary N) is 1. The number of rotatable bonds is 1. The Morgan fingerprint density at radius 2 is 1.81 bits per heavy atom. The average Bonchev–Trinajstić information content (AvgIpc) is 2.81. The standard InChI is InChI=1S/C17H28N2O6Si/c1-16(2,3)26(17(4,5)6)23-9-10-13(25-26)12(21)14(24-10)19-8-7-11(20)18-15(19)22/h7-8,10,12-14,21H,9H2,1-6H3,(H,18,20,22)/t10-,12-,13-,14-/m1/s1. The smallest absolute Gasteiger partial charge is 0.349 e. The van der Waals surface area contributed by atoms with Gasteiger partial charge in [-0.25, -0.2) is 4.79 Å². The first-order valence-corrected chi connectivity index (χ1v) is 10.7. The SMILES string of the molecule is CC(C)(C)[Si]1(C(C)(C)C)OC[C@H]2O[C@@H](n3ccc(=O)[nH]c3=O)[C@H](O)[C@@H]2O1. The van der Waals surface area contributed by atoms with E-state index in [1.807, 2.05) is 0 Å². The van der Waals surface area contributed by atoms with Gasteiger partial charge in [-0.15, -0.1) is 0 Å². The molecule has 2 aliphatic heterocycles. The number of hydrogen-bond acceptors (Lipinski definition) is 6. The Balaban J connectivity index is 1.95. The van der Waals surface area contributed by atoms with Gasteiger partial charge in [-0.05, 0) is 0 Å². The van der Waals surface area contributed by atoms with Crippen molar-refractivity contribution in [2.24, 2.45) is 0 Å². The van der Waals surface area contributed by atoms with Crippen LogP contribution in [0.3, 0.4) is 0 Å². The Labute approximate surface area is 153 Å². The van der Waals surface area contributed by atoms with E-state index in [0.717, 1.165) is 0 Å². The molecular weight excluding hydrogens is 356 g/mol. The highest BCUT2D eigenvalue weighted by atomic mass is 28.4. The normalized spacial score (nSPS) is 31.7. The monoisotopic (exact) mass is 384 g/mol. The van der Waals surface area contributed by atoms with E-state index in [2.05, 4.69) is 46.5 Å². The summed E-state index contributed by atoms with van der Waals surface area (Å²) in [5, 5.41) is 10.4. The van der Waals surface area contributed by atoms with E-state index in [1.165, 1.54) is 16.8 Å². The van der Waals surface area contributed by atoms with Gasteiger partial charge in [0, 0.05) is 22.3 Å². The minimum absolute atomic E-state index is 0.219. The highest BCUT2D eigenvalue weighted by molar-refractivity contribution is 6.73. The molecule has 4 atom stereocenters. The lowest BCUT2D eigenvalue weighted by Gasteiger charge is -2.53. The number of nitrogens with zero attached hydrogens (tertiary/aromatic N) is 1. The van der Waals surface area contributed by atoms with Crippen LogP contribution in [-0.4, -0.2) is 48.1 Å². The van der Waals surface area contributed by atoms with Crippen LogP contribution >= 0.6 is 0 Å². The summed E-state index contributed by atoms with van der Waals surface area (Å²) in [6, 6.07) is 1.22. The molecule has 8 nitrogen and oxygen atoms in total. The molecule has 0 aromatic carbocycles. The summed E-state index contributed by atoms with van der Waals surface area (Å²) in [4.78, 5) is 25.5. The summed E-state index contributed by atoms with van der Waals surface area (Å²) in [5.41, 5.74) is -1.13. The third kappa shape index (κ3) is 2.91. The fourth-order valence-electron chi connectivity index (χ4n) is 4.19. The van der Waals surface area contributed by atoms with E-state index in [1.54, 1.807) is 0 Å². The Hall–Kier alpha value is -1.26. The minimum Gasteiger partial charge on any atom is -0.391 e. The topological polar surface area (TPSA) is 103 Å². The number of aliphatic hydroxyl groups excluding tert-OH is 1. The van der Waals surface area contributed by atoms with Crippen molar-refractivity contribution in [3.05, 3.63) is 33.1 Å². The molecule has 2 fully saturated rings. The van der Waals surface area contributed by atoms with Crippen molar-refractivity contribution in [1.29, 1.82) is 0 Å². The number of fused-ring (bicyclic) bond motifs is 1. The van der Waals surface area contributed by atoms with Crippen LogP contribution in [0.15, 0.2) is 21.9 Å². The Kier molecular flexibility index (Phi) is 4.60. The van der Waals surface area contributed by atoms with E-state index in [9.17, 15) is 14.7 Å². The van der Waals surface area contributed by atoms with E-state index in [4.69, 9.17) is 13.6 Å². The predicted molar refractivity (Wildman–Crippen MR) is 97.2 cm³/mol. The second-order valence-electron chi connectivity index (χ2n) is 9.08. The molecule has 146 valence electrons. The highest BCUT2D eigenvalue weighted by Crippen LogP contribution is 2.55. The zero-order valence-corrected chi connectivity index (χ0v) is 17.1. The first-order chi connectivity index (χ1) is 11.9. The fraction of sp³-hybridized carbons (Fsp3) is 0.765. The van der Waals surface area contributed by atoms with Crippen molar-refractivity contribution in [3.8, 4) is 0 Å². The van der Waals surface area contributed by atoms with Gasteiger partial charge >= 0.3 is 14.3 Å². The molecule has 0 radical (unpaired) electrons. The number of hydrogen-bond donors (Lipinski definition) is 2. The summed E-state index contributed by atoms with van der Waals surface area (Å²) in [7, 11) is -2.75. The lowest BCUT2D eigenvalue weighted by Crippen LogP contribution is -2.65. The zero-order chi connectivity index (χ0) is 19.5. The molecule has 0 saturated carbocycles. The molecule has 0 unspecified atom stereocenters. The van der Waals surface area contributed by atoms with Crippen LogP contribution in [0.5, 0.6) is 0 Å². The Morgan fingerprint density at radius 3 is 2.35 bits per heavy atom. The molecule has 9 heteroatoms. The third-order valence-corrected chi connectivity index (χ3v) is 10.3. The molecule has 0 aliphatic carbocycles. The second-order valence-corrected chi connectivity index (χ2v) is 13.8. The largest absolute Gasteiger partial charge is 0.391 e. The zero-order valence-electron chi connectivity index (χ0n) is 16.1. The Bertz CT molecular complexity index is 776. The van der Waals surface area contributed by atoms with Gasteiger partial charge in [0.2, 0.25) is 0 Å². The average molecular weight is 385 g/mol. The molecule has 0 bridgehead atoms. The van der Waals surface area contributed by atoms with Crippen LogP contribution in [0.25, 0.3) is 0 Å². The molecule has 2 N–H and O–H groups in total. The first-order valence-electron chi connectivity index (χ1n) is 8.84. The predicted octanol–water partition coefficient (Wildman–Crippen LogP) is 1.25. The third-order valence-electron chi connectivity index (χ3n) is 5.16. The molecule has 1 aromatic heterocycles. The van der Waals surface area contributed by atoms with E-state index in [-0.39, 0.29) is 10.1 Å². The van der Waals surface area contributed by atoms with Crippen molar-refractivity contribution < 1.29 is 18.7 Å². The number of aromatic nitrogens is 2. The molecule has 2 saturated heterocycles. The van der Waals surface area contributed by atoms with Crippen LogP contribution in [0.2, 0.25) is 10.1 Å². The minimum atomic E-state index is -2.75. The van der Waals surface area contributed by atoms with Crippen LogP contribution in [0.1, 0.15) is 47.8 Å². The lowest BCUT2D eigenvalue weighted by atomic mass is 10.1. The van der Waals surface area contributed by atoms with E-state index < -0.39 is 44.3 Å². The summed E-state index contributed by atoms with van der Waals surface area (Å²) in [6.07, 6.45) is -1.70. The summed E-state index contributed by atoms with van der Waals surface area (Å²) < 4.78 is 19.9. The van der Waals surface area contributed by atoms with Crippen molar-refractivity contribution in [2.45, 2.75) is 76.2 Å². The van der Waals surface area contributed by atoms with Gasteiger partial charge in [-0.1, -0.05) is 41.5 Å². The van der Waals surface area contributed by atoms with Gasteiger partial charge < -0.3 is 18.7 Å². The maximum atomic E-state index is 12.1. The fourth-order valence-corrected chi connectivity index (χ4v) is 9.16. The number of H-pyrrole nitrogens is 1. The number of aromatic amines is 1.